The highest BCUT2D eigenvalue weighted by molar-refractivity contribution is 5.53. The molecule has 0 saturated carbocycles. The van der Waals surface area contributed by atoms with E-state index in [4.69, 9.17) is 4.74 Å². The third-order valence-electron chi connectivity index (χ3n) is 3.43. The predicted octanol–water partition coefficient (Wildman–Crippen LogP) is 1.02. The summed E-state index contributed by atoms with van der Waals surface area (Å²) in [5, 5.41) is 15.5. The van der Waals surface area contributed by atoms with Gasteiger partial charge in [-0.3, -0.25) is 10.1 Å². The second kappa shape index (κ2) is 5.68. The Labute approximate surface area is 126 Å². The van der Waals surface area contributed by atoms with Crippen molar-refractivity contribution in [2.24, 2.45) is 0 Å². The van der Waals surface area contributed by atoms with Gasteiger partial charge in [0.25, 0.3) is 0 Å². The molecule has 1 aliphatic heterocycles. The summed E-state index contributed by atoms with van der Waals surface area (Å²) in [4.78, 5) is 21.5. The minimum atomic E-state index is -0.467. The molecule has 0 amide bonds. The van der Waals surface area contributed by atoms with Gasteiger partial charge in [0, 0.05) is 19.3 Å². The van der Waals surface area contributed by atoms with Crippen LogP contribution < -0.4 is 4.90 Å². The van der Waals surface area contributed by atoms with Crippen LogP contribution in [0.4, 0.5) is 11.6 Å². The number of nitro groups is 1. The Kier molecular flexibility index (Phi) is 3.72. The van der Waals surface area contributed by atoms with Gasteiger partial charge < -0.3 is 9.64 Å². The van der Waals surface area contributed by atoms with Gasteiger partial charge in [-0.15, -0.1) is 0 Å². The van der Waals surface area contributed by atoms with Gasteiger partial charge in [0.15, 0.2) is 0 Å². The second-order valence-electron chi connectivity index (χ2n) is 5.10. The molecule has 2 aromatic heterocycles. The Morgan fingerprint density at radius 2 is 2.00 bits per heavy atom. The Morgan fingerprint density at radius 1 is 1.27 bits per heavy atom. The highest BCUT2D eigenvalue weighted by Gasteiger charge is 2.26. The summed E-state index contributed by atoms with van der Waals surface area (Å²) in [7, 11) is 0. The molecular weight excluding hydrogens is 288 g/mol. The van der Waals surface area contributed by atoms with E-state index in [2.05, 4.69) is 15.1 Å². The van der Waals surface area contributed by atoms with Crippen LogP contribution in [0.1, 0.15) is 11.3 Å². The first-order chi connectivity index (χ1) is 10.6. The van der Waals surface area contributed by atoms with Crippen LogP contribution in [0.15, 0.2) is 12.4 Å². The number of rotatable bonds is 3. The van der Waals surface area contributed by atoms with Gasteiger partial charge in [0.1, 0.15) is 5.69 Å². The minimum Gasteiger partial charge on any atom is -0.378 e. The molecule has 9 heteroatoms. The molecule has 22 heavy (non-hydrogen) atoms. The summed E-state index contributed by atoms with van der Waals surface area (Å²) < 4.78 is 6.73. The number of aryl methyl sites for hydroxylation is 2. The average molecular weight is 304 g/mol. The fourth-order valence-electron chi connectivity index (χ4n) is 2.34. The SMILES string of the molecule is Cc1cnn(-c2nc(N3CCOCC3)nc(C)c2[N+](=O)[O-])c1. The smallest absolute Gasteiger partial charge is 0.334 e. The summed E-state index contributed by atoms with van der Waals surface area (Å²) in [5.74, 6) is 0.654. The Balaban J connectivity index is 2.11. The summed E-state index contributed by atoms with van der Waals surface area (Å²) in [5.41, 5.74) is 1.10. The van der Waals surface area contributed by atoms with Crippen molar-refractivity contribution < 1.29 is 9.66 Å². The summed E-state index contributed by atoms with van der Waals surface area (Å²) in [6.07, 6.45) is 3.34. The fourth-order valence-corrected chi connectivity index (χ4v) is 2.34. The number of ether oxygens (including phenoxy) is 1. The van der Waals surface area contributed by atoms with Crippen LogP contribution in [0.25, 0.3) is 5.82 Å². The van der Waals surface area contributed by atoms with Crippen LogP contribution in [0.3, 0.4) is 0 Å². The molecule has 0 radical (unpaired) electrons. The fraction of sp³-hybridized carbons (Fsp3) is 0.462. The number of anilines is 1. The lowest BCUT2D eigenvalue weighted by molar-refractivity contribution is -0.385. The molecule has 3 rings (SSSR count). The first-order valence-electron chi connectivity index (χ1n) is 6.93. The third-order valence-corrected chi connectivity index (χ3v) is 3.43. The Hall–Kier alpha value is -2.55. The predicted molar refractivity (Wildman–Crippen MR) is 78.3 cm³/mol. The lowest BCUT2D eigenvalue weighted by atomic mass is 10.3. The molecule has 1 fully saturated rings. The lowest BCUT2D eigenvalue weighted by Gasteiger charge is -2.27. The summed E-state index contributed by atoms with van der Waals surface area (Å²) in [6, 6.07) is 0. The molecule has 0 atom stereocenters. The first kappa shape index (κ1) is 14.4. The van der Waals surface area contributed by atoms with Crippen LogP contribution in [0.2, 0.25) is 0 Å². The van der Waals surface area contributed by atoms with Gasteiger partial charge in [0.05, 0.1) is 24.3 Å². The Bertz CT molecular complexity index is 708. The Morgan fingerprint density at radius 3 is 2.59 bits per heavy atom. The topological polar surface area (TPSA) is 99.2 Å². The van der Waals surface area contributed by atoms with E-state index in [1.165, 1.54) is 4.68 Å². The van der Waals surface area contributed by atoms with Crippen molar-refractivity contribution in [1.82, 2.24) is 19.7 Å². The lowest BCUT2D eigenvalue weighted by Crippen LogP contribution is -2.37. The zero-order valence-electron chi connectivity index (χ0n) is 12.4. The van der Waals surface area contributed by atoms with Crippen molar-refractivity contribution in [3.8, 4) is 5.82 Å². The van der Waals surface area contributed by atoms with Gasteiger partial charge in [-0.1, -0.05) is 0 Å². The van der Waals surface area contributed by atoms with Gasteiger partial charge in [-0.05, 0) is 19.4 Å². The largest absolute Gasteiger partial charge is 0.378 e. The molecule has 1 aliphatic rings. The van der Waals surface area contributed by atoms with Crippen molar-refractivity contribution in [2.45, 2.75) is 13.8 Å². The maximum Gasteiger partial charge on any atom is 0.334 e. The summed E-state index contributed by atoms with van der Waals surface area (Å²) >= 11 is 0. The number of morpholine rings is 1. The average Bonchev–Trinajstić information content (AvgIpc) is 2.93. The van der Waals surface area contributed by atoms with E-state index in [1.807, 2.05) is 11.8 Å². The van der Waals surface area contributed by atoms with Crippen LogP contribution in [-0.4, -0.2) is 51.0 Å². The number of hydrogen-bond donors (Lipinski definition) is 0. The van der Waals surface area contributed by atoms with Crippen molar-refractivity contribution in [1.29, 1.82) is 0 Å². The highest BCUT2D eigenvalue weighted by atomic mass is 16.6. The van der Waals surface area contributed by atoms with E-state index in [0.717, 1.165) is 5.56 Å². The maximum atomic E-state index is 11.4. The van der Waals surface area contributed by atoms with E-state index in [0.29, 0.717) is 37.9 Å². The number of aromatic nitrogens is 4. The van der Waals surface area contributed by atoms with Crippen LogP contribution in [0.5, 0.6) is 0 Å². The van der Waals surface area contributed by atoms with Gasteiger partial charge in [-0.25, -0.2) is 9.67 Å². The van der Waals surface area contributed by atoms with E-state index < -0.39 is 4.92 Å². The molecule has 0 bridgehead atoms. The van der Waals surface area contributed by atoms with Gasteiger partial charge in [0.2, 0.25) is 11.8 Å². The number of nitrogens with zero attached hydrogens (tertiary/aromatic N) is 6. The molecule has 116 valence electrons. The zero-order chi connectivity index (χ0) is 15.7. The van der Waals surface area contributed by atoms with Crippen molar-refractivity contribution in [2.75, 3.05) is 31.2 Å². The minimum absolute atomic E-state index is 0.125. The van der Waals surface area contributed by atoms with Crippen molar-refractivity contribution in [3.05, 3.63) is 33.8 Å². The van der Waals surface area contributed by atoms with E-state index in [1.54, 1.807) is 19.3 Å². The second-order valence-corrected chi connectivity index (χ2v) is 5.10. The van der Waals surface area contributed by atoms with Gasteiger partial charge in [-0.2, -0.15) is 10.1 Å². The van der Waals surface area contributed by atoms with Crippen LogP contribution in [0, 0.1) is 24.0 Å². The van der Waals surface area contributed by atoms with E-state index in [9.17, 15) is 10.1 Å². The first-order valence-corrected chi connectivity index (χ1v) is 6.93. The van der Waals surface area contributed by atoms with E-state index >= 15 is 0 Å². The van der Waals surface area contributed by atoms with Crippen LogP contribution >= 0.6 is 0 Å². The van der Waals surface area contributed by atoms with E-state index in [-0.39, 0.29) is 11.5 Å². The van der Waals surface area contributed by atoms with Crippen molar-refractivity contribution in [3.63, 3.8) is 0 Å². The maximum absolute atomic E-state index is 11.4. The zero-order valence-corrected chi connectivity index (χ0v) is 12.4. The van der Waals surface area contributed by atoms with Gasteiger partial charge >= 0.3 is 5.69 Å². The van der Waals surface area contributed by atoms with Crippen LogP contribution in [-0.2, 0) is 4.74 Å². The standard InChI is InChI=1S/C13H16N6O3/c1-9-7-14-18(8-9)12-11(19(20)21)10(2)15-13(16-12)17-3-5-22-6-4-17/h7-8H,3-6H2,1-2H3. The monoisotopic (exact) mass is 304 g/mol. The summed E-state index contributed by atoms with van der Waals surface area (Å²) in [6.45, 7) is 5.99. The molecule has 3 heterocycles. The normalized spacial score (nSPS) is 15.1. The molecule has 1 saturated heterocycles. The molecule has 0 N–H and O–H groups in total. The quantitative estimate of drug-likeness (QED) is 0.616. The molecule has 0 aliphatic carbocycles. The molecule has 0 spiro atoms. The molecule has 0 aromatic carbocycles. The molecule has 0 unspecified atom stereocenters. The number of hydrogen-bond acceptors (Lipinski definition) is 7. The third kappa shape index (κ3) is 2.62. The highest BCUT2D eigenvalue weighted by Crippen LogP contribution is 2.26. The molecular formula is C13H16N6O3. The molecule has 2 aromatic rings. The molecule has 9 nitrogen and oxygen atoms in total. The van der Waals surface area contributed by atoms with Crippen molar-refractivity contribution >= 4 is 11.6 Å².